The molecule has 2 aromatic rings. The van der Waals surface area contributed by atoms with Gasteiger partial charge in [-0.2, -0.15) is 0 Å². The van der Waals surface area contributed by atoms with Crippen LogP contribution in [0.1, 0.15) is 44.6 Å². The quantitative estimate of drug-likeness (QED) is 0.512. The number of para-hydroxylation sites is 1. The Bertz CT molecular complexity index is 1470. The number of anilines is 1. The minimum absolute atomic E-state index is 0.0892. The van der Waals surface area contributed by atoms with Crippen LogP contribution in [0.25, 0.3) is 0 Å². The molecule has 1 saturated carbocycles. The van der Waals surface area contributed by atoms with Crippen LogP contribution in [-0.2, 0) is 25.5 Å². The number of hydrogen-bond acceptors (Lipinski definition) is 5. The second kappa shape index (κ2) is 11.3. The maximum Gasteiger partial charge on any atom is 0.249 e. The van der Waals surface area contributed by atoms with Gasteiger partial charge in [0.15, 0.2) is 0 Å². The van der Waals surface area contributed by atoms with Gasteiger partial charge < -0.3 is 24.5 Å². The number of carbonyl (C=O) groups excluding carboxylic acids is 3. The third-order valence-corrected chi connectivity index (χ3v) is 10.5. The number of hydrogen-bond donors (Lipinski definition) is 1. The number of aliphatic hydroxyl groups is 1. The van der Waals surface area contributed by atoms with Crippen LogP contribution >= 0.6 is 0 Å². The molecule has 4 aliphatic heterocycles. The number of likely N-dealkylation sites (tertiary alicyclic amines) is 1. The second-order valence-electron chi connectivity index (χ2n) is 13.1. The standard InChI is InChI=1S/C36H41N3O5/c1-35-19-11-21-37(26-15-7-3-8-16-26)32(41)29(35)30-33(42)39(28(24-40)23-25-13-5-2-6-14-25)31-34(43)38(27-17-9-4-10-18-27)22-12-20-36(30,31)44-35/h2-3,5-8,11-16,19-20,27-31,40H,4,9-10,17-18,21-24H2,1H3/t28-,29+,30+,31?,35-,36+/m1/s1. The van der Waals surface area contributed by atoms with E-state index in [4.69, 9.17) is 4.74 Å². The van der Waals surface area contributed by atoms with E-state index in [1.807, 2.05) is 96.8 Å². The van der Waals surface area contributed by atoms with E-state index in [1.165, 1.54) is 0 Å². The van der Waals surface area contributed by atoms with Crippen molar-refractivity contribution in [1.29, 1.82) is 0 Å². The molecule has 230 valence electrons. The highest BCUT2D eigenvalue weighted by molar-refractivity contribution is 6.04. The van der Waals surface area contributed by atoms with Crippen molar-refractivity contribution in [3.8, 4) is 0 Å². The molecule has 0 aromatic heterocycles. The van der Waals surface area contributed by atoms with E-state index in [-0.39, 0.29) is 30.4 Å². The molecule has 44 heavy (non-hydrogen) atoms. The Morgan fingerprint density at radius 2 is 1.52 bits per heavy atom. The largest absolute Gasteiger partial charge is 0.394 e. The Hall–Kier alpha value is -3.75. The normalized spacial score (nSPS) is 32.7. The molecule has 3 amide bonds. The number of rotatable bonds is 6. The minimum atomic E-state index is -1.35. The topological polar surface area (TPSA) is 90.4 Å². The van der Waals surface area contributed by atoms with E-state index >= 15 is 0 Å². The van der Waals surface area contributed by atoms with Crippen molar-refractivity contribution >= 4 is 23.4 Å². The zero-order chi connectivity index (χ0) is 30.5. The zero-order valence-electron chi connectivity index (χ0n) is 25.3. The summed E-state index contributed by atoms with van der Waals surface area (Å²) in [5.41, 5.74) is -0.731. The highest BCUT2D eigenvalue weighted by Crippen LogP contribution is 2.58. The van der Waals surface area contributed by atoms with Gasteiger partial charge in [-0.25, -0.2) is 0 Å². The number of fused-ring (bicyclic) bond motifs is 2. The molecule has 5 aliphatic rings. The Morgan fingerprint density at radius 1 is 0.841 bits per heavy atom. The van der Waals surface area contributed by atoms with E-state index in [9.17, 15) is 19.5 Å². The lowest BCUT2D eigenvalue weighted by atomic mass is 9.74. The summed E-state index contributed by atoms with van der Waals surface area (Å²) in [6, 6.07) is 17.6. The van der Waals surface area contributed by atoms with Gasteiger partial charge >= 0.3 is 0 Å². The van der Waals surface area contributed by atoms with Crippen molar-refractivity contribution in [2.45, 2.75) is 74.8 Å². The van der Waals surface area contributed by atoms with Crippen molar-refractivity contribution in [3.05, 3.63) is 90.5 Å². The number of nitrogens with zero attached hydrogens (tertiary/aromatic N) is 3. The molecule has 6 atom stereocenters. The fourth-order valence-electron chi connectivity index (χ4n) is 8.57. The highest BCUT2D eigenvalue weighted by atomic mass is 16.5. The van der Waals surface area contributed by atoms with Crippen molar-refractivity contribution in [1.82, 2.24) is 9.80 Å². The summed E-state index contributed by atoms with van der Waals surface area (Å²) >= 11 is 0. The molecule has 3 fully saturated rings. The van der Waals surface area contributed by atoms with Gasteiger partial charge in [0.2, 0.25) is 17.7 Å². The monoisotopic (exact) mass is 595 g/mol. The molecule has 8 nitrogen and oxygen atoms in total. The molecule has 0 radical (unpaired) electrons. The zero-order valence-corrected chi connectivity index (χ0v) is 25.3. The van der Waals surface area contributed by atoms with Crippen LogP contribution in [0.2, 0.25) is 0 Å². The molecule has 0 bridgehead atoms. The van der Waals surface area contributed by atoms with Gasteiger partial charge in [0.25, 0.3) is 0 Å². The lowest BCUT2D eigenvalue weighted by Crippen LogP contribution is -2.60. The number of amides is 3. The summed E-state index contributed by atoms with van der Waals surface area (Å²) in [7, 11) is 0. The van der Waals surface area contributed by atoms with Gasteiger partial charge in [-0.1, -0.05) is 92.1 Å². The Balaban J connectivity index is 1.34. The maximum absolute atomic E-state index is 14.9. The van der Waals surface area contributed by atoms with E-state index < -0.39 is 35.1 Å². The second-order valence-corrected chi connectivity index (χ2v) is 13.1. The first-order valence-corrected chi connectivity index (χ1v) is 16.1. The predicted molar refractivity (Wildman–Crippen MR) is 167 cm³/mol. The van der Waals surface area contributed by atoms with Crippen molar-refractivity contribution in [2.24, 2.45) is 11.8 Å². The third-order valence-electron chi connectivity index (χ3n) is 10.5. The van der Waals surface area contributed by atoms with E-state index in [1.54, 1.807) is 9.80 Å². The molecule has 1 spiro atoms. The number of carbonyl (C=O) groups is 3. The van der Waals surface area contributed by atoms with Gasteiger partial charge in [0, 0.05) is 24.8 Å². The fraction of sp³-hybridized carbons (Fsp3) is 0.472. The van der Waals surface area contributed by atoms with Crippen molar-refractivity contribution < 1.29 is 24.2 Å². The molecule has 1 unspecified atom stereocenters. The molecular formula is C36H41N3O5. The first-order valence-electron chi connectivity index (χ1n) is 16.1. The molecule has 1 aliphatic carbocycles. The predicted octanol–water partition coefficient (Wildman–Crippen LogP) is 3.90. The highest BCUT2D eigenvalue weighted by Gasteiger charge is 2.75. The van der Waals surface area contributed by atoms with E-state index in [0.717, 1.165) is 43.4 Å². The van der Waals surface area contributed by atoms with E-state index in [0.29, 0.717) is 19.5 Å². The third kappa shape index (κ3) is 4.53. The summed E-state index contributed by atoms with van der Waals surface area (Å²) in [4.78, 5) is 49.6. The van der Waals surface area contributed by atoms with Crippen LogP contribution in [0.4, 0.5) is 5.69 Å². The number of ether oxygens (including phenoxy) is 1. The van der Waals surface area contributed by atoms with Crippen LogP contribution < -0.4 is 4.90 Å². The average molecular weight is 596 g/mol. The summed E-state index contributed by atoms with van der Waals surface area (Å²) in [6.45, 7) is 2.35. The van der Waals surface area contributed by atoms with Gasteiger partial charge in [0.1, 0.15) is 11.6 Å². The molecular weight excluding hydrogens is 554 g/mol. The Morgan fingerprint density at radius 3 is 2.23 bits per heavy atom. The van der Waals surface area contributed by atoms with Gasteiger partial charge in [-0.05, 0) is 43.9 Å². The van der Waals surface area contributed by atoms with Crippen molar-refractivity contribution in [3.63, 3.8) is 0 Å². The first-order chi connectivity index (χ1) is 21.4. The molecule has 7 rings (SSSR count). The van der Waals surface area contributed by atoms with Gasteiger partial charge in [-0.15, -0.1) is 0 Å². The smallest absolute Gasteiger partial charge is 0.249 e. The summed E-state index contributed by atoms with van der Waals surface area (Å²) in [5.74, 6) is -2.43. The molecule has 2 saturated heterocycles. The minimum Gasteiger partial charge on any atom is -0.394 e. The Labute approximate surface area is 259 Å². The van der Waals surface area contributed by atoms with Crippen LogP contribution in [-0.4, -0.2) is 81.7 Å². The number of benzene rings is 2. The molecule has 4 heterocycles. The van der Waals surface area contributed by atoms with Crippen LogP contribution in [0, 0.1) is 11.8 Å². The molecule has 1 N–H and O–H groups in total. The van der Waals surface area contributed by atoms with Gasteiger partial charge in [0.05, 0.1) is 30.1 Å². The lowest BCUT2D eigenvalue weighted by Gasteiger charge is -2.42. The number of aliphatic hydroxyl groups excluding tert-OH is 1. The Kier molecular flexibility index (Phi) is 7.45. The first kappa shape index (κ1) is 29.0. The fourth-order valence-corrected chi connectivity index (χ4v) is 8.57. The lowest BCUT2D eigenvalue weighted by molar-refractivity contribution is -0.156. The summed E-state index contributed by atoms with van der Waals surface area (Å²) in [6.07, 6.45) is 13.3. The summed E-state index contributed by atoms with van der Waals surface area (Å²) in [5, 5.41) is 10.8. The molecule has 8 heteroatoms. The maximum atomic E-state index is 14.9. The average Bonchev–Trinajstić information content (AvgIpc) is 3.32. The van der Waals surface area contributed by atoms with Crippen molar-refractivity contribution in [2.75, 3.05) is 24.6 Å². The summed E-state index contributed by atoms with van der Waals surface area (Å²) < 4.78 is 7.02. The van der Waals surface area contributed by atoms with E-state index in [2.05, 4.69) is 0 Å². The molecule has 2 aromatic carbocycles. The SMILES string of the molecule is C[C@@]12C=CCN(c3ccccc3)C(=O)[C@@H]1[C@H]1C(=O)N([C@@H](CO)Cc3ccccc3)C3C(=O)N(C4CCCCC4)CC=C[C@@]31O2. The van der Waals surface area contributed by atoms with Crippen LogP contribution in [0.5, 0.6) is 0 Å². The van der Waals surface area contributed by atoms with Crippen LogP contribution in [0.15, 0.2) is 85.0 Å². The van der Waals surface area contributed by atoms with Gasteiger partial charge in [-0.3, -0.25) is 14.4 Å². The van der Waals surface area contributed by atoms with Crippen LogP contribution in [0.3, 0.4) is 0 Å².